The molecule has 2 heterocycles. The number of benzene rings is 1. The zero-order chi connectivity index (χ0) is 20.1. The van der Waals surface area contributed by atoms with Crippen LogP contribution in [0, 0.1) is 24.0 Å². The van der Waals surface area contributed by atoms with Gasteiger partial charge in [-0.1, -0.05) is 17.7 Å². The van der Waals surface area contributed by atoms with Crippen LogP contribution in [0.15, 0.2) is 42.9 Å². The number of hydrogen-bond acceptors (Lipinski definition) is 6. The molecule has 1 aromatic carbocycles. The van der Waals surface area contributed by atoms with E-state index < -0.39 is 4.92 Å². The van der Waals surface area contributed by atoms with Crippen LogP contribution in [0.4, 0.5) is 11.5 Å². The summed E-state index contributed by atoms with van der Waals surface area (Å²) in [5.41, 5.74) is 2.75. The van der Waals surface area contributed by atoms with E-state index in [0.29, 0.717) is 5.69 Å². The first-order valence-electron chi connectivity index (χ1n) is 8.61. The molecule has 2 aromatic heterocycles. The number of carbonyl (C=O) groups excluding carboxylic acids is 1. The van der Waals surface area contributed by atoms with Gasteiger partial charge in [-0.05, 0) is 30.4 Å². The largest absolute Gasteiger partial charge is 0.471 e. The molecule has 0 aliphatic heterocycles. The minimum Gasteiger partial charge on any atom is -0.471 e. The number of aromatic nitrogens is 4. The zero-order valence-corrected chi connectivity index (χ0v) is 15.5. The molecule has 0 aliphatic rings. The molecular formula is C18H20N6O4. The molecule has 0 aliphatic carbocycles. The summed E-state index contributed by atoms with van der Waals surface area (Å²) >= 11 is 0. The topological polar surface area (TPSA) is 117 Å². The predicted molar refractivity (Wildman–Crippen MR) is 101 cm³/mol. The molecule has 0 bridgehead atoms. The smallest absolute Gasteiger partial charge is 0.389 e. The van der Waals surface area contributed by atoms with Crippen molar-refractivity contribution < 1.29 is 14.5 Å². The van der Waals surface area contributed by atoms with E-state index in [1.807, 2.05) is 32.0 Å². The molecule has 0 saturated heterocycles. The van der Waals surface area contributed by atoms with Crippen LogP contribution in [-0.4, -0.2) is 30.4 Å². The average Bonchev–Trinajstić information content (AvgIpc) is 3.29. The van der Waals surface area contributed by atoms with Crippen molar-refractivity contribution in [3.8, 4) is 5.75 Å². The number of nitrogens with zero attached hydrogens (tertiary/aromatic N) is 5. The van der Waals surface area contributed by atoms with E-state index in [4.69, 9.17) is 4.74 Å². The number of aryl methyl sites for hydroxylation is 3. The Balaban J connectivity index is 1.48. The number of ether oxygens (including phenoxy) is 1. The maximum absolute atomic E-state index is 12.0. The van der Waals surface area contributed by atoms with Crippen molar-refractivity contribution in [1.82, 2.24) is 19.6 Å². The molecule has 10 heteroatoms. The van der Waals surface area contributed by atoms with Gasteiger partial charge in [0, 0.05) is 6.42 Å². The second kappa shape index (κ2) is 8.33. The number of rotatable bonds is 8. The SMILES string of the molecule is Cc1ccc(OCn2cc(NC(=O)CCn3ccc([N+](=O)[O-])n3)cn2)c(C)c1. The Labute approximate surface area is 160 Å². The van der Waals surface area contributed by atoms with E-state index in [0.717, 1.165) is 11.3 Å². The van der Waals surface area contributed by atoms with Gasteiger partial charge in [0.15, 0.2) is 6.73 Å². The first kappa shape index (κ1) is 19.1. The standard InChI is InChI=1S/C18H20N6O4/c1-13-3-4-16(14(2)9-13)28-12-23-11-15(10-19-23)20-18(25)6-8-22-7-5-17(21-22)24(26)27/h3-5,7,9-11H,6,8,12H2,1-2H3,(H,20,25). The Kier molecular flexibility index (Phi) is 5.68. The quantitative estimate of drug-likeness (QED) is 0.471. The third-order valence-corrected chi connectivity index (χ3v) is 3.98. The van der Waals surface area contributed by atoms with Crippen LogP contribution in [0.1, 0.15) is 17.5 Å². The van der Waals surface area contributed by atoms with E-state index in [-0.39, 0.29) is 31.4 Å². The highest BCUT2D eigenvalue weighted by Gasteiger charge is 2.12. The fourth-order valence-electron chi connectivity index (χ4n) is 2.61. The minimum absolute atomic E-state index is 0.128. The summed E-state index contributed by atoms with van der Waals surface area (Å²) in [6.45, 7) is 4.46. The molecule has 0 saturated carbocycles. The van der Waals surface area contributed by atoms with Gasteiger partial charge in [0.05, 0.1) is 42.0 Å². The van der Waals surface area contributed by atoms with Crippen LogP contribution in [0.3, 0.4) is 0 Å². The van der Waals surface area contributed by atoms with Gasteiger partial charge in [-0.2, -0.15) is 9.78 Å². The third kappa shape index (κ3) is 4.93. The number of carbonyl (C=O) groups is 1. The molecule has 0 spiro atoms. The van der Waals surface area contributed by atoms with E-state index in [9.17, 15) is 14.9 Å². The zero-order valence-electron chi connectivity index (χ0n) is 15.5. The highest BCUT2D eigenvalue weighted by Crippen LogP contribution is 2.19. The van der Waals surface area contributed by atoms with Crippen molar-refractivity contribution in [1.29, 1.82) is 0 Å². The van der Waals surface area contributed by atoms with E-state index in [1.54, 1.807) is 10.9 Å². The van der Waals surface area contributed by atoms with Gasteiger partial charge < -0.3 is 20.2 Å². The number of anilines is 1. The first-order chi connectivity index (χ1) is 13.4. The number of hydrogen-bond donors (Lipinski definition) is 1. The second-order valence-corrected chi connectivity index (χ2v) is 6.30. The summed E-state index contributed by atoms with van der Waals surface area (Å²) in [5, 5.41) is 21.3. The molecule has 146 valence electrons. The average molecular weight is 384 g/mol. The molecular weight excluding hydrogens is 364 g/mol. The fraction of sp³-hybridized carbons (Fsp3) is 0.278. The van der Waals surface area contributed by atoms with Crippen LogP contribution in [-0.2, 0) is 18.1 Å². The van der Waals surface area contributed by atoms with Gasteiger partial charge in [0.2, 0.25) is 5.91 Å². The molecule has 28 heavy (non-hydrogen) atoms. The molecule has 3 aromatic rings. The lowest BCUT2D eigenvalue weighted by Crippen LogP contribution is -2.14. The van der Waals surface area contributed by atoms with Gasteiger partial charge >= 0.3 is 5.82 Å². The highest BCUT2D eigenvalue weighted by atomic mass is 16.6. The first-order valence-corrected chi connectivity index (χ1v) is 8.61. The summed E-state index contributed by atoms with van der Waals surface area (Å²) in [6.07, 6.45) is 4.79. The number of nitro groups is 1. The monoisotopic (exact) mass is 384 g/mol. The summed E-state index contributed by atoms with van der Waals surface area (Å²) in [7, 11) is 0. The third-order valence-electron chi connectivity index (χ3n) is 3.98. The van der Waals surface area contributed by atoms with Crippen LogP contribution >= 0.6 is 0 Å². The van der Waals surface area contributed by atoms with Crippen molar-refractivity contribution in [3.05, 3.63) is 64.1 Å². The molecule has 10 nitrogen and oxygen atoms in total. The van der Waals surface area contributed by atoms with Crippen LogP contribution in [0.5, 0.6) is 5.75 Å². The fourth-order valence-corrected chi connectivity index (χ4v) is 2.61. The van der Waals surface area contributed by atoms with Gasteiger partial charge in [0.25, 0.3) is 0 Å². The molecule has 1 amide bonds. The Hall–Kier alpha value is -3.69. The summed E-state index contributed by atoms with van der Waals surface area (Å²) in [4.78, 5) is 22.1. The van der Waals surface area contributed by atoms with E-state index >= 15 is 0 Å². The second-order valence-electron chi connectivity index (χ2n) is 6.30. The maximum Gasteiger partial charge on any atom is 0.389 e. The molecule has 0 radical (unpaired) electrons. The van der Waals surface area contributed by atoms with Crippen molar-refractivity contribution in [3.63, 3.8) is 0 Å². The van der Waals surface area contributed by atoms with Gasteiger partial charge in [-0.3, -0.25) is 4.79 Å². The molecule has 0 atom stereocenters. The van der Waals surface area contributed by atoms with Crippen molar-refractivity contribution in [2.75, 3.05) is 5.32 Å². The van der Waals surface area contributed by atoms with Crippen LogP contribution < -0.4 is 10.1 Å². The lowest BCUT2D eigenvalue weighted by molar-refractivity contribution is -0.389. The Morgan fingerprint density at radius 2 is 2.11 bits per heavy atom. The molecule has 1 N–H and O–H groups in total. The summed E-state index contributed by atoms with van der Waals surface area (Å²) < 4.78 is 8.68. The van der Waals surface area contributed by atoms with E-state index in [2.05, 4.69) is 15.5 Å². The lowest BCUT2D eigenvalue weighted by Gasteiger charge is -2.09. The lowest BCUT2D eigenvalue weighted by atomic mass is 10.1. The number of nitrogens with one attached hydrogen (secondary N) is 1. The van der Waals surface area contributed by atoms with Crippen molar-refractivity contribution in [2.45, 2.75) is 33.5 Å². The molecule has 0 fully saturated rings. The Morgan fingerprint density at radius 1 is 1.29 bits per heavy atom. The van der Waals surface area contributed by atoms with Gasteiger partial charge in [0.1, 0.15) is 5.75 Å². The van der Waals surface area contributed by atoms with Crippen molar-refractivity contribution >= 4 is 17.4 Å². The van der Waals surface area contributed by atoms with E-state index in [1.165, 1.54) is 28.7 Å². The van der Waals surface area contributed by atoms with Gasteiger partial charge in [-0.25, -0.2) is 4.68 Å². The predicted octanol–water partition coefficient (Wildman–Crippen LogP) is 2.67. The number of amides is 1. The minimum atomic E-state index is -0.578. The molecule has 0 unspecified atom stereocenters. The Bertz CT molecular complexity index is 994. The van der Waals surface area contributed by atoms with Crippen LogP contribution in [0.2, 0.25) is 0 Å². The summed E-state index contributed by atoms with van der Waals surface area (Å²) in [6, 6.07) is 7.22. The normalized spacial score (nSPS) is 10.6. The Morgan fingerprint density at radius 3 is 2.82 bits per heavy atom. The van der Waals surface area contributed by atoms with Gasteiger partial charge in [-0.15, -0.1) is 0 Å². The van der Waals surface area contributed by atoms with Crippen LogP contribution in [0.25, 0.3) is 0 Å². The highest BCUT2D eigenvalue weighted by molar-refractivity contribution is 5.90. The van der Waals surface area contributed by atoms with Crippen molar-refractivity contribution in [2.24, 2.45) is 0 Å². The maximum atomic E-state index is 12.0. The summed E-state index contributed by atoms with van der Waals surface area (Å²) in [5.74, 6) is 0.290. The molecule has 3 rings (SSSR count).